The van der Waals surface area contributed by atoms with Crippen LogP contribution in [0.3, 0.4) is 0 Å². The van der Waals surface area contributed by atoms with E-state index in [1.54, 1.807) is 0 Å². The maximum atomic E-state index is 13.1. The first kappa shape index (κ1) is 21.5. The van der Waals surface area contributed by atoms with E-state index < -0.39 is 0 Å². The Bertz CT molecular complexity index is 1020. The number of nitrogens with zero attached hydrogens (tertiary/aromatic N) is 2. The fourth-order valence-electron chi connectivity index (χ4n) is 4.44. The van der Waals surface area contributed by atoms with Crippen LogP contribution in [0.15, 0.2) is 48.7 Å². The van der Waals surface area contributed by atoms with Crippen LogP contribution in [0.5, 0.6) is 0 Å². The number of rotatable bonds is 7. The van der Waals surface area contributed by atoms with E-state index in [2.05, 4.69) is 40.4 Å². The summed E-state index contributed by atoms with van der Waals surface area (Å²) < 4.78 is 13.1. The first-order valence-corrected chi connectivity index (χ1v) is 11.0. The number of halogens is 1. The van der Waals surface area contributed by atoms with Crippen LogP contribution >= 0.6 is 0 Å². The van der Waals surface area contributed by atoms with Gasteiger partial charge in [0.05, 0.1) is 0 Å². The van der Waals surface area contributed by atoms with Crippen LogP contribution in [0.2, 0.25) is 0 Å². The molecule has 0 saturated carbocycles. The number of hydrogen-bond donors (Lipinski definition) is 2. The topological polar surface area (TPSA) is 51.4 Å². The molecule has 1 aliphatic heterocycles. The summed E-state index contributed by atoms with van der Waals surface area (Å²) in [5.74, 6) is -0.0527. The number of carbonyl (C=O) groups is 1. The molecule has 31 heavy (non-hydrogen) atoms. The second kappa shape index (κ2) is 9.62. The number of aromatic nitrogens is 1. The molecule has 3 aromatic rings. The number of nitrogens with one attached hydrogen (secondary N) is 2. The normalized spacial score (nSPS) is 15.6. The lowest BCUT2D eigenvalue weighted by molar-refractivity contribution is 0.102. The Hall–Kier alpha value is -2.70. The number of H-pyrrole nitrogens is 1. The van der Waals surface area contributed by atoms with Gasteiger partial charge in [-0.15, -0.1) is 0 Å². The highest BCUT2D eigenvalue weighted by Crippen LogP contribution is 2.34. The van der Waals surface area contributed by atoms with Gasteiger partial charge in [0.2, 0.25) is 0 Å². The van der Waals surface area contributed by atoms with Crippen LogP contribution in [0, 0.1) is 5.82 Å². The van der Waals surface area contributed by atoms with Crippen LogP contribution in [-0.4, -0.2) is 61.0 Å². The standard InChI is InChI=1S/C25H31FN4O/c1-29(2)12-3-13-30-14-10-18(11-15-30)23-17-27-24-9-8-21(16-22(23)24)28-25(31)19-4-6-20(26)7-5-19/h4-9,16-18,27H,3,10-15H2,1-2H3,(H,28,31). The molecular formula is C25H31FN4O. The molecule has 1 fully saturated rings. The van der Waals surface area contributed by atoms with Crippen molar-refractivity contribution in [2.45, 2.75) is 25.2 Å². The second-order valence-corrected chi connectivity index (χ2v) is 8.74. The van der Waals surface area contributed by atoms with Crippen molar-refractivity contribution in [3.05, 3.63) is 65.6 Å². The number of hydrogen-bond acceptors (Lipinski definition) is 3. The number of benzene rings is 2. The molecule has 164 valence electrons. The number of anilines is 1. The monoisotopic (exact) mass is 422 g/mol. The van der Waals surface area contributed by atoms with Crippen molar-refractivity contribution >= 4 is 22.5 Å². The largest absolute Gasteiger partial charge is 0.361 e. The van der Waals surface area contributed by atoms with E-state index in [0.29, 0.717) is 11.5 Å². The molecule has 0 aliphatic carbocycles. The van der Waals surface area contributed by atoms with Gasteiger partial charge in [0.15, 0.2) is 0 Å². The average molecular weight is 423 g/mol. The number of likely N-dealkylation sites (tertiary alicyclic amines) is 1. The first-order chi connectivity index (χ1) is 15.0. The molecule has 6 heteroatoms. The molecule has 1 amide bonds. The van der Waals surface area contributed by atoms with Crippen molar-refractivity contribution in [3.63, 3.8) is 0 Å². The van der Waals surface area contributed by atoms with E-state index >= 15 is 0 Å². The molecule has 0 radical (unpaired) electrons. The van der Waals surface area contributed by atoms with Gasteiger partial charge in [-0.05, 0) is 113 Å². The van der Waals surface area contributed by atoms with Gasteiger partial charge in [0.25, 0.3) is 5.91 Å². The van der Waals surface area contributed by atoms with Crippen LogP contribution in [-0.2, 0) is 0 Å². The number of fused-ring (bicyclic) bond motifs is 1. The van der Waals surface area contributed by atoms with Gasteiger partial charge >= 0.3 is 0 Å². The minimum Gasteiger partial charge on any atom is -0.361 e. The first-order valence-electron chi connectivity index (χ1n) is 11.0. The zero-order valence-electron chi connectivity index (χ0n) is 18.3. The van der Waals surface area contributed by atoms with Crippen molar-refractivity contribution in [2.24, 2.45) is 0 Å². The third kappa shape index (κ3) is 5.32. The Labute approximate surface area is 183 Å². The van der Waals surface area contributed by atoms with E-state index in [4.69, 9.17) is 0 Å². The maximum absolute atomic E-state index is 13.1. The summed E-state index contributed by atoms with van der Waals surface area (Å²) in [6, 6.07) is 11.6. The quantitative estimate of drug-likeness (QED) is 0.581. The third-order valence-corrected chi connectivity index (χ3v) is 6.19. The average Bonchev–Trinajstić information content (AvgIpc) is 3.18. The molecule has 4 rings (SSSR count). The van der Waals surface area contributed by atoms with Gasteiger partial charge < -0.3 is 20.1 Å². The molecule has 0 bridgehead atoms. The molecule has 1 aliphatic rings. The molecule has 5 nitrogen and oxygen atoms in total. The molecule has 0 spiro atoms. The van der Waals surface area contributed by atoms with Gasteiger partial charge in [0.1, 0.15) is 5.82 Å². The van der Waals surface area contributed by atoms with Gasteiger partial charge in [0, 0.05) is 28.4 Å². The number of amides is 1. The van der Waals surface area contributed by atoms with E-state index in [1.807, 2.05) is 18.2 Å². The third-order valence-electron chi connectivity index (χ3n) is 6.19. The van der Waals surface area contributed by atoms with Crippen molar-refractivity contribution < 1.29 is 9.18 Å². The fraction of sp³-hybridized carbons (Fsp3) is 0.400. The van der Waals surface area contributed by atoms with Crippen molar-refractivity contribution in [1.29, 1.82) is 0 Å². The lowest BCUT2D eigenvalue weighted by Crippen LogP contribution is -2.34. The lowest BCUT2D eigenvalue weighted by atomic mass is 9.89. The Balaban J connectivity index is 1.42. The summed E-state index contributed by atoms with van der Waals surface area (Å²) in [6.07, 6.45) is 5.65. The Kier molecular flexibility index (Phi) is 6.68. The van der Waals surface area contributed by atoms with E-state index in [9.17, 15) is 9.18 Å². The smallest absolute Gasteiger partial charge is 0.255 e. The van der Waals surface area contributed by atoms with Crippen LogP contribution in [0.4, 0.5) is 10.1 Å². The number of carbonyl (C=O) groups excluding carboxylic acids is 1. The molecule has 0 unspecified atom stereocenters. The molecule has 0 atom stereocenters. The molecule has 2 N–H and O–H groups in total. The lowest BCUT2D eigenvalue weighted by Gasteiger charge is -2.32. The van der Waals surface area contributed by atoms with Crippen LogP contribution < -0.4 is 5.32 Å². The van der Waals surface area contributed by atoms with E-state index in [0.717, 1.165) is 43.7 Å². The number of piperidine rings is 1. The van der Waals surface area contributed by atoms with Crippen molar-refractivity contribution in [2.75, 3.05) is 45.6 Å². The predicted octanol–water partition coefficient (Wildman–Crippen LogP) is 4.69. The second-order valence-electron chi connectivity index (χ2n) is 8.74. The van der Waals surface area contributed by atoms with Gasteiger partial charge in [-0.3, -0.25) is 4.79 Å². The summed E-state index contributed by atoms with van der Waals surface area (Å²) >= 11 is 0. The Morgan fingerprint density at radius 1 is 1.16 bits per heavy atom. The summed E-state index contributed by atoms with van der Waals surface area (Å²) in [6.45, 7) is 4.56. The molecular weight excluding hydrogens is 391 g/mol. The Morgan fingerprint density at radius 3 is 2.61 bits per heavy atom. The molecule has 1 aromatic heterocycles. The SMILES string of the molecule is CN(C)CCCN1CCC(c2c[nH]c3ccc(NC(=O)c4ccc(F)cc4)cc23)CC1. The maximum Gasteiger partial charge on any atom is 0.255 e. The van der Waals surface area contributed by atoms with Crippen molar-refractivity contribution in [3.8, 4) is 0 Å². The van der Waals surface area contributed by atoms with Gasteiger partial charge in [-0.1, -0.05) is 0 Å². The van der Waals surface area contributed by atoms with Crippen LogP contribution in [0.25, 0.3) is 10.9 Å². The summed E-state index contributed by atoms with van der Waals surface area (Å²) in [7, 11) is 4.25. The Morgan fingerprint density at radius 2 is 1.90 bits per heavy atom. The molecule has 1 saturated heterocycles. The highest BCUT2D eigenvalue weighted by atomic mass is 19.1. The highest BCUT2D eigenvalue weighted by molar-refractivity contribution is 6.05. The van der Waals surface area contributed by atoms with Gasteiger partial charge in [-0.2, -0.15) is 0 Å². The zero-order chi connectivity index (χ0) is 21.8. The predicted molar refractivity (Wildman–Crippen MR) is 124 cm³/mol. The molecule has 2 aromatic carbocycles. The highest BCUT2D eigenvalue weighted by Gasteiger charge is 2.23. The summed E-state index contributed by atoms with van der Waals surface area (Å²) in [5.41, 5.74) is 3.62. The number of aromatic amines is 1. The summed E-state index contributed by atoms with van der Waals surface area (Å²) in [5, 5.41) is 4.11. The van der Waals surface area contributed by atoms with Crippen LogP contribution in [0.1, 0.15) is 41.1 Å². The van der Waals surface area contributed by atoms with Gasteiger partial charge in [-0.25, -0.2) is 4.39 Å². The molecule has 2 heterocycles. The summed E-state index contributed by atoms with van der Waals surface area (Å²) in [4.78, 5) is 20.7. The zero-order valence-corrected chi connectivity index (χ0v) is 18.3. The fourth-order valence-corrected chi connectivity index (χ4v) is 4.44. The van der Waals surface area contributed by atoms with E-state index in [-0.39, 0.29) is 11.7 Å². The van der Waals surface area contributed by atoms with Crippen molar-refractivity contribution in [1.82, 2.24) is 14.8 Å². The minimum atomic E-state index is -0.348. The van der Waals surface area contributed by atoms with E-state index in [1.165, 1.54) is 48.2 Å². The minimum absolute atomic E-state index is 0.234.